The molecule has 0 bridgehead atoms. The Bertz CT molecular complexity index is 325. The third-order valence-corrected chi connectivity index (χ3v) is 2.02. The molecule has 4 N–H and O–H groups in total. The lowest BCUT2D eigenvalue weighted by molar-refractivity contribution is -0.137. The molecule has 0 aromatic heterocycles. The summed E-state index contributed by atoms with van der Waals surface area (Å²) in [6.45, 7) is -0.122. The van der Waals surface area contributed by atoms with E-state index in [9.17, 15) is 4.79 Å². The minimum Gasteiger partial charge on any atom is -0.481 e. The number of carboxylic acid groups (broad SMARTS) is 1. The van der Waals surface area contributed by atoms with Gasteiger partial charge >= 0.3 is 5.97 Å². The first kappa shape index (κ1) is 10.7. The van der Waals surface area contributed by atoms with E-state index >= 15 is 0 Å². The average Bonchev–Trinajstić information content (AvgIpc) is 2.16. The van der Waals surface area contributed by atoms with Crippen LogP contribution in [0.1, 0.15) is 23.6 Å². The molecule has 4 nitrogen and oxygen atoms in total. The molecule has 0 radical (unpaired) electrons. The minimum atomic E-state index is -0.940. The van der Waals surface area contributed by atoms with Crippen LogP contribution in [0, 0.1) is 0 Å². The molecule has 0 spiro atoms. The zero-order valence-electron chi connectivity index (χ0n) is 7.68. The number of rotatable bonds is 4. The molecule has 0 saturated heterocycles. The molecule has 1 rings (SSSR count). The van der Waals surface area contributed by atoms with Gasteiger partial charge in [0.15, 0.2) is 0 Å². The first-order chi connectivity index (χ1) is 6.65. The molecule has 0 aliphatic heterocycles. The van der Waals surface area contributed by atoms with E-state index in [1.165, 1.54) is 0 Å². The normalized spacial score (nSPS) is 12.4. The second kappa shape index (κ2) is 4.74. The third-order valence-electron chi connectivity index (χ3n) is 2.02. The van der Waals surface area contributed by atoms with Crippen molar-refractivity contribution in [1.29, 1.82) is 0 Å². The molecule has 0 fully saturated rings. The van der Waals surface area contributed by atoms with Crippen molar-refractivity contribution in [3.63, 3.8) is 0 Å². The van der Waals surface area contributed by atoms with Gasteiger partial charge in [0, 0.05) is 6.04 Å². The van der Waals surface area contributed by atoms with E-state index in [4.69, 9.17) is 15.9 Å². The van der Waals surface area contributed by atoms with Crippen LogP contribution in [-0.2, 0) is 11.4 Å². The molecule has 0 aliphatic rings. The van der Waals surface area contributed by atoms with Gasteiger partial charge in [-0.05, 0) is 11.1 Å². The number of nitrogens with two attached hydrogens (primary N) is 1. The number of benzene rings is 1. The number of hydrogen-bond donors (Lipinski definition) is 3. The van der Waals surface area contributed by atoms with Crippen molar-refractivity contribution in [2.24, 2.45) is 5.73 Å². The van der Waals surface area contributed by atoms with Crippen LogP contribution in [-0.4, -0.2) is 16.2 Å². The zero-order chi connectivity index (χ0) is 10.6. The van der Waals surface area contributed by atoms with Crippen LogP contribution >= 0.6 is 0 Å². The van der Waals surface area contributed by atoms with Crippen LogP contribution in [0.15, 0.2) is 24.3 Å². The average molecular weight is 195 g/mol. The number of aliphatic hydroxyl groups excluding tert-OH is 1. The summed E-state index contributed by atoms with van der Waals surface area (Å²) in [4.78, 5) is 10.4. The Labute approximate surface area is 82.0 Å². The lowest BCUT2D eigenvalue weighted by Gasteiger charge is -2.12. The van der Waals surface area contributed by atoms with Crippen LogP contribution < -0.4 is 5.73 Å². The van der Waals surface area contributed by atoms with E-state index in [0.717, 1.165) is 0 Å². The molecular weight excluding hydrogens is 182 g/mol. The molecule has 4 heteroatoms. The predicted molar refractivity (Wildman–Crippen MR) is 51.5 cm³/mol. The van der Waals surface area contributed by atoms with Gasteiger partial charge < -0.3 is 15.9 Å². The van der Waals surface area contributed by atoms with Crippen molar-refractivity contribution >= 4 is 5.97 Å². The maximum atomic E-state index is 10.4. The van der Waals surface area contributed by atoms with Gasteiger partial charge in [0.2, 0.25) is 0 Å². The molecular formula is C10H13NO3. The zero-order valence-corrected chi connectivity index (χ0v) is 7.68. The van der Waals surface area contributed by atoms with Crippen LogP contribution in [0.5, 0.6) is 0 Å². The molecule has 0 amide bonds. The van der Waals surface area contributed by atoms with Gasteiger partial charge in [-0.3, -0.25) is 4.79 Å². The first-order valence-corrected chi connectivity index (χ1v) is 4.31. The first-order valence-electron chi connectivity index (χ1n) is 4.31. The maximum absolute atomic E-state index is 10.4. The van der Waals surface area contributed by atoms with E-state index in [1.54, 1.807) is 24.3 Å². The van der Waals surface area contributed by atoms with Gasteiger partial charge in [-0.1, -0.05) is 24.3 Å². The lowest BCUT2D eigenvalue weighted by atomic mass is 9.99. The molecule has 0 aliphatic carbocycles. The summed E-state index contributed by atoms with van der Waals surface area (Å²) in [7, 11) is 0. The number of aliphatic carboxylic acids is 1. The summed E-state index contributed by atoms with van der Waals surface area (Å²) in [5, 5.41) is 17.6. The Morgan fingerprint density at radius 3 is 2.64 bits per heavy atom. The van der Waals surface area contributed by atoms with E-state index in [0.29, 0.717) is 11.1 Å². The highest BCUT2D eigenvalue weighted by atomic mass is 16.4. The molecule has 76 valence electrons. The molecule has 14 heavy (non-hydrogen) atoms. The maximum Gasteiger partial charge on any atom is 0.305 e. The molecule has 1 atom stereocenters. The molecule has 0 heterocycles. The summed E-state index contributed by atoms with van der Waals surface area (Å²) in [6.07, 6.45) is -0.128. The van der Waals surface area contributed by atoms with Crippen LogP contribution in [0.3, 0.4) is 0 Å². The van der Waals surface area contributed by atoms with Crippen molar-refractivity contribution in [2.45, 2.75) is 19.1 Å². The van der Waals surface area contributed by atoms with Crippen molar-refractivity contribution in [1.82, 2.24) is 0 Å². The van der Waals surface area contributed by atoms with Gasteiger partial charge in [-0.15, -0.1) is 0 Å². The summed E-state index contributed by atoms with van der Waals surface area (Å²) in [5.74, 6) is -0.940. The summed E-state index contributed by atoms with van der Waals surface area (Å²) in [6, 6.07) is 6.46. The van der Waals surface area contributed by atoms with Crippen LogP contribution in [0.25, 0.3) is 0 Å². The Kier molecular flexibility index (Phi) is 3.62. The SMILES string of the molecule is NC(CC(=O)O)c1ccccc1CO. The van der Waals surface area contributed by atoms with Gasteiger partial charge in [0.05, 0.1) is 13.0 Å². The quantitative estimate of drug-likeness (QED) is 0.658. The van der Waals surface area contributed by atoms with Gasteiger partial charge in [0.25, 0.3) is 0 Å². The van der Waals surface area contributed by atoms with Gasteiger partial charge in [-0.2, -0.15) is 0 Å². The molecule has 1 aromatic carbocycles. The van der Waals surface area contributed by atoms with E-state index < -0.39 is 12.0 Å². The fraction of sp³-hybridized carbons (Fsp3) is 0.300. The van der Waals surface area contributed by atoms with Crippen molar-refractivity contribution in [3.05, 3.63) is 35.4 Å². The largest absolute Gasteiger partial charge is 0.481 e. The van der Waals surface area contributed by atoms with Crippen LogP contribution in [0.2, 0.25) is 0 Å². The monoisotopic (exact) mass is 195 g/mol. The van der Waals surface area contributed by atoms with Crippen molar-refractivity contribution in [3.8, 4) is 0 Å². The topological polar surface area (TPSA) is 83.6 Å². The second-order valence-electron chi connectivity index (χ2n) is 3.06. The third kappa shape index (κ3) is 2.55. The highest BCUT2D eigenvalue weighted by Crippen LogP contribution is 2.18. The highest BCUT2D eigenvalue weighted by Gasteiger charge is 2.13. The Morgan fingerprint density at radius 2 is 2.07 bits per heavy atom. The van der Waals surface area contributed by atoms with Crippen molar-refractivity contribution < 1.29 is 15.0 Å². The second-order valence-corrected chi connectivity index (χ2v) is 3.06. The number of carboxylic acids is 1. The lowest BCUT2D eigenvalue weighted by Crippen LogP contribution is -2.16. The Hall–Kier alpha value is -1.39. The van der Waals surface area contributed by atoms with Crippen LogP contribution in [0.4, 0.5) is 0 Å². The fourth-order valence-electron chi connectivity index (χ4n) is 1.34. The molecule has 0 saturated carbocycles. The van der Waals surface area contributed by atoms with E-state index in [2.05, 4.69) is 0 Å². The predicted octanol–water partition coefficient (Wildman–Crippen LogP) is 0.653. The smallest absolute Gasteiger partial charge is 0.305 e. The minimum absolute atomic E-state index is 0.122. The van der Waals surface area contributed by atoms with Gasteiger partial charge in [-0.25, -0.2) is 0 Å². The number of hydrogen-bond acceptors (Lipinski definition) is 3. The van der Waals surface area contributed by atoms with Crippen molar-refractivity contribution in [2.75, 3.05) is 0 Å². The fourth-order valence-corrected chi connectivity index (χ4v) is 1.34. The number of carbonyl (C=O) groups is 1. The molecule has 1 unspecified atom stereocenters. The summed E-state index contributed by atoms with van der Waals surface area (Å²) < 4.78 is 0. The molecule has 1 aromatic rings. The van der Waals surface area contributed by atoms with E-state index in [1.807, 2.05) is 0 Å². The summed E-state index contributed by atoms with van der Waals surface area (Å²) >= 11 is 0. The van der Waals surface area contributed by atoms with E-state index in [-0.39, 0.29) is 13.0 Å². The summed E-state index contributed by atoms with van der Waals surface area (Å²) in [5.41, 5.74) is 7.05. The number of aliphatic hydroxyl groups is 1. The Balaban J connectivity index is 2.87. The van der Waals surface area contributed by atoms with Gasteiger partial charge in [0.1, 0.15) is 0 Å². The standard InChI is InChI=1S/C10H13NO3/c11-9(5-10(13)14)8-4-2-1-3-7(8)6-12/h1-4,9,12H,5-6,11H2,(H,13,14). The Morgan fingerprint density at radius 1 is 1.43 bits per heavy atom. The highest BCUT2D eigenvalue weighted by molar-refractivity contribution is 5.68.